The maximum absolute atomic E-state index is 11.7. The largest absolute Gasteiger partial charge is 0.382 e. The first-order valence-corrected chi connectivity index (χ1v) is 6.25. The Balaban J connectivity index is 2.20. The van der Waals surface area contributed by atoms with Crippen molar-refractivity contribution in [3.05, 3.63) is 0 Å². The van der Waals surface area contributed by atoms with Gasteiger partial charge in [-0.05, 0) is 38.0 Å². The molecule has 0 heterocycles. The van der Waals surface area contributed by atoms with Crippen LogP contribution in [0.3, 0.4) is 0 Å². The van der Waals surface area contributed by atoms with Gasteiger partial charge in [-0.2, -0.15) is 0 Å². The van der Waals surface area contributed by atoms with Crippen molar-refractivity contribution in [1.29, 1.82) is 0 Å². The van der Waals surface area contributed by atoms with E-state index in [-0.39, 0.29) is 12.0 Å². The first-order valence-electron chi connectivity index (χ1n) is 6.25. The molecule has 3 heteroatoms. The Morgan fingerprint density at radius 3 is 2.75 bits per heavy atom. The van der Waals surface area contributed by atoms with E-state index in [2.05, 4.69) is 19.2 Å². The molecule has 0 aromatic rings. The van der Waals surface area contributed by atoms with Crippen LogP contribution in [0.2, 0.25) is 0 Å². The highest BCUT2D eigenvalue weighted by atomic mass is 16.5. The molecule has 1 rings (SSSR count). The summed E-state index contributed by atoms with van der Waals surface area (Å²) >= 11 is 0. The van der Waals surface area contributed by atoms with Crippen LogP contribution >= 0.6 is 0 Å². The van der Waals surface area contributed by atoms with E-state index in [1.54, 1.807) is 7.11 Å². The Morgan fingerprint density at radius 2 is 2.25 bits per heavy atom. The molecule has 16 heavy (non-hydrogen) atoms. The van der Waals surface area contributed by atoms with Gasteiger partial charge >= 0.3 is 0 Å². The van der Waals surface area contributed by atoms with Crippen LogP contribution in [0.15, 0.2) is 0 Å². The highest BCUT2D eigenvalue weighted by Crippen LogP contribution is 2.36. The second-order valence-electron chi connectivity index (χ2n) is 5.76. The minimum Gasteiger partial charge on any atom is -0.382 e. The Morgan fingerprint density at radius 1 is 1.56 bits per heavy atom. The van der Waals surface area contributed by atoms with Gasteiger partial charge in [-0.3, -0.25) is 4.79 Å². The third kappa shape index (κ3) is 4.52. The summed E-state index contributed by atoms with van der Waals surface area (Å²) in [5.74, 6) is 0.173. The van der Waals surface area contributed by atoms with E-state index in [4.69, 9.17) is 4.74 Å². The summed E-state index contributed by atoms with van der Waals surface area (Å²) in [6.45, 7) is 6.53. The predicted octanol–water partition coefficient (Wildman–Crippen LogP) is 2.50. The molecule has 94 valence electrons. The molecule has 0 radical (unpaired) electrons. The Hall–Kier alpha value is -0.570. The van der Waals surface area contributed by atoms with Gasteiger partial charge in [0.1, 0.15) is 0 Å². The van der Waals surface area contributed by atoms with Crippen LogP contribution in [0.1, 0.15) is 52.9 Å². The highest BCUT2D eigenvalue weighted by Gasteiger charge is 2.31. The second-order valence-corrected chi connectivity index (χ2v) is 5.76. The van der Waals surface area contributed by atoms with Gasteiger partial charge in [0, 0.05) is 19.6 Å². The average molecular weight is 227 g/mol. The number of carbonyl (C=O) groups is 1. The van der Waals surface area contributed by atoms with Crippen molar-refractivity contribution < 1.29 is 9.53 Å². The van der Waals surface area contributed by atoms with Gasteiger partial charge in [-0.15, -0.1) is 0 Å². The van der Waals surface area contributed by atoms with E-state index in [1.807, 2.05) is 6.92 Å². The molecule has 1 aliphatic carbocycles. The zero-order valence-electron chi connectivity index (χ0n) is 11.0. The van der Waals surface area contributed by atoms with E-state index in [1.165, 1.54) is 6.42 Å². The Labute approximate surface area is 98.9 Å². The van der Waals surface area contributed by atoms with E-state index in [0.29, 0.717) is 17.9 Å². The van der Waals surface area contributed by atoms with E-state index >= 15 is 0 Å². The first kappa shape index (κ1) is 13.5. The van der Waals surface area contributed by atoms with Gasteiger partial charge in [0.2, 0.25) is 5.91 Å². The summed E-state index contributed by atoms with van der Waals surface area (Å²) in [5.41, 5.74) is 0.401. The number of nitrogens with one attached hydrogen (secondary N) is 1. The van der Waals surface area contributed by atoms with Crippen molar-refractivity contribution >= 4 is 5.91 Å². The zero-order chi connectivity index (χ0) is 12.2. The molecule has 0 aromatic carbocycles. The highest BCUT2D eigenvalue weighted by molar-refractivity contribution is 5.76. The predicted molar refractivity (Wildman–Crippen MR) is 65.3 cm³/mol. The molecule has 3 nitrogen and oxygen atoms in total. The van der Waals surface area contributed by atoms with Crippen LogP contribution in [0.4, 0.5) is 0 Å². The van der Waals surface area contributed by atoms with Gasteiger partial charge in [0.05, 0.1) is 6.10 Å². The van der Waals surface area contributed by atoms with Gasteiger partial charge in [-0.1, -0.05) is 13.8 Å². The van der Waals surface area contributed by atoms with Crippen molar-refractivity contribution in [2.75, 3.05) is 7.11 Å². The minimum absolute atomic E-state index is 0.172. The Bertz CT molecular complexity index is 238. The zero-order valence-corrected chi connectivity index (χ0v) is 11.0. The third-order valence-corrected chi connectivity index (χ3v) is 3.51. The molecule has 1 saturated carbocycles. The number of hydrogen-bond acceptors (Lipinski definition) is 2. The average Bonchev–Trinajstić information content (AvgIpc) is 2.54. The van der Waals surface area contributed by atoms with Crippen LogP contribution < -0.4 is 5.32 Å². The molecule has 0 bridgehead atoms. The van der Waals surface area contributed by atoms with Crippen molar-refractivity contribution in [2.45, 2.75) is 65.0 Å². The quantitative estimate of drug-likeness (QED) is 0.783. The fraction of sp³-hybridized carbons (Fsp3) is 0.923. The minimum atomic E-state index is 0.172. The number of methoxy groups -OCH3 is 1. The molecule has 0 spiro atoms. The molecular weight excluding hydrogens is 202 g/mol. The summed E-state index contributed by atoms with van der Waals surface area (Å²) in [6, 6.07) is 0.389. The van der Waals surface area contributed by atoms with Gasteiger partial charge < -0.3 is 10.1 Å². The van der Waals surface area contributed by atoms with E-state index in [9.17, 15) is 4.79 Å². The molecule has 0 aliphatic heterocycles. The monoisotopic (exact) mass is 227 g/mol. The van der Waals surface area contributed by atoms with Gasteiger partial charge in [0.15, 0.2) is 0 Å². The van der Waals surface area contributed by atoms with Crippen LogP contribution in [0.5, 0.6) is 0 Å². The molecule has 2 unspecified atom stereocenters. The molecule has 2 atom stereocenters. The van der Waals surface area contributed by atoms with Gasteiger partial charge in [-0.25, -0.2) is 0 Å². The summed E-state index contributed by atoms with van der Waals surface area (Å²) in [5, 5.41) is 3.12. The maximum atomic E-state index is 11.7. The number of carbonyl (C=O) groups excluding carboxylic acids is 1. The molecule has 1 fully saturated rings. The van der Waals surface area contributed by atoms with Crippen molar-refractivity contribution in [3.63, 3.8) is 0 Å². The molecule has 0 saturated heterocycles. The standard InChI is InChI=1S/C13H25NO2/c1-10(16-4)5-6-12(15)14-11-7-8-13(2,3)9-11/h10-11H,5-9H2,1-4H3,(H,14,15). The normalized spacial score (nSPS) is 25.4. The number of amides is 1. The summed E-state index contributed by atoms with van der Waals surface area (Å²) in [6.07, 6.45) is 5.00. The molecule has 1 N–H and O–H groups in total. The molecule has 0 aromatic heterocycles. The number of hydrogen-bond donors (Lipinski definition) is 1. The summed E-state index contributed by atoms with van der Waals surface area (Å²) < 4.78 is 5.12. The first-order chi connectivity index (χ1) is 7.43. The fourth-order valence-corrected chi connectivity index (χ4v) is 2.31. The van der Waals surface area contributed by atoms with E-state index in [0.717, 1.165) is 19.3 Å². The fourth-order valence-electron chi connectivity index (χ4n) is 2.31. The smallest absolute Gasteiger partial charge is 0.220 e. The lowest BCUT2D eigenvalue weighted by molar-refractivity contribution is -0.122. The number of rotatable bonds is 5. The molecule has 1 aliphatic rings. The van der Waals surface area contributed by atoms with Crippen LogP contribution in [0.25, 0.3) is 0 Å². The molecule has 1 amide bonds. The van der Waals surface area contributed by atoms with Gasteiger partial charge in [0.25, 0.3) is 0 Å². The second kappa shape index (κ2) is 5.67. The lowest BCUT2D eigenvalue weighted by Gasteiger charge is -2.18. The van der Waals surface area contributed by atoms with Crippen LogP contribution in [-0.4, -0.2) is 25.2 Å². The topological polar surface area (TPSA) is 38.3 Å². The SMILES string of the molecule is COC(C)CCC(=O)NC1CCC(C)(C)C1. The van der Waals surface area contributed by atoms with Crippen molar-refractivity contribution in [2.24, 2.45) is 5.41 Å². The lowest BCUT2D eigenvalue weighted by Crippen LogP contribution is -2.33. The Kier molecular flexibility index (Phi) is 4.78. The summed E-state index contributed by atoms with van der Waals surface area (Å²) in [4.78, 5) is 11.7. The third-order valence-electron chi connectivity index (χ3n) is 3.51. The summed E-state index contributed by atoms with van der Waals surface area (Å²) in [7, 11) is 1.68. The maximum Gasteiger partial charge on any atom is 0.220 e. The van der Waals surface area contributed by atoms with E-state index < -0.39 is 0 Å². The van der Waals surface area contributed by atoms with Crippen molar-refractivity contribution in [3.8, 4) is 0 Å². The van der Waals surface area contributed by atoms with Crippen LogP contribution in [-0.2, 0) is 9.53 Å². The lowest BCUT2D eigenvalue weighted by atomic mass is 9.92. The molecular formula is C13H25NO2. The van der Waals surface area contributed by atoms with Crippen LogP contribution in [0, 0.1) is 5.41 Å². The van der Waals surface area contributed by atoms with Crippen molar-refractivity contribution in [1.82, 2.24) is 5.32 Å². The number of ether oxygens (including phenoxy) is 1.